The van der Waals surface area contributed by atoms with E-state index in [1.807, 2.05) is 0 Å². The molecular weight excluding hydrogens is 137 g/mol. The molecule has 0 unspecified atom stereocenters. The van der Waals surface area contributed by atoms with Gasteiger partial charge in [0, 0.05) is 12.4 Å². The minimum absolute atomic E-state index is 0.0985. The molecule has 0 aliphatic heterocycles. The van der Waals surface area contributed by atoms with Crippen LogP contribution in [0.3, 0.4) is 0 Å². The van der Waals surface area contributed by atoms with Crippen LogP contribution in [-0.2, 0) is 0 Å². The van der Waals surface area contributed by atoms with E-state index in [9.17, 15) is 9.18 Å². The summed E-state index contributed by atoms with van der Waals surface area (Å²) in [6, 6.07) is 0. The summed E-state index contributed by atoms with van der Waals surface area (Å²) in [5.41, 5.74) is 4.92. The average molecular weight is 141 g/mol. The van der Waals surface area contributed by atoms with Gasteiger partial charge in [0.15, 0.2) is 0 Å². The molecule has 0 radical (unpaired) electrons. The van der Waals surface area contributed by atoms with Gasteiger partial charge in [-0.05, 0) is 0 Å². The van der Waals surface area contributed by atoms with Crippen molar-refractivity contribution in [1.82, 2.24) is 9.97 Å². The number of hydrogen-bond donors (Lipinski definition) is 1. The van der Waals surface area contributed by atoms with Gasteiger partial charge in [-0.25, -0.2) is 9.97 Å². The second-order valence-electron chi connectivity index (χ2n) is 1.61. The molecule has 1 aromatic rings. The van der Waals surface area contributed by atoms with Gasteiger partial charge in [-0.1, -0.05) is 0 Å². The average Bonchev–Trinajstić information content (AvgIpc) is 1.88. The fraction of sp³-hybridized carbons (Fsp3) is 0. The maximum absolute atomic E-state index is 12.0. The number of primary amides is 1. The smallest absolute Gasteiger partial charge is 0.308 e. The third-order valence-electron chi connectivity index (χ3n) is 0.905. The molecule has 0 saturated carbocycles. The van der Waals surface area contributed by atoms with E-state index >= 15 is 0 Å². The number of carbonyl (C=O) groups is 1. The molecule has 10 heavy (non-hydrogen) atoms. The van der Waals surface area contributed by atoms with E-state index in [-0.39, 0.29) is 5.56 Å². The van der Waals surface area contributed by atoms with E-state index in [4.69, 9.17) is 5.73 Å². The van der Waals surface area contributed by atoms with Crippen LogP contribution >= 0.6 is 0 Å². The largest absolute Gasteiger partial charge is 0.366 e. The van der Waals surface area contributed by atoms with Gasteiger partial charge < -0.3 is 5.73 Å². The molecule has 0 bridgehead atoms. The van der Waals surface area contributed by atoms with Crippen molar-refractivity contribution in [3.05, 3.63) is 24.0 Å². The van der Waals surface area contributed by atoms with Crippen LogP contribution in [0.2, 0.25) is 0 Å². The Morgan fingerprint density at radius 1 is 1.50 bits per heavy atom. The first-order chi connectivity index (χ1) is 4.70. The van der Waals surface area contributed by atoms with Gasteiger partial charge in [0.2, 0.25) is 0 Å². The lowest BCUT2D eigenvalue weighted by atomic mass is 10.3. The van der Waals surface area contributed by atoms with Crippen LogP contribution < -0.4 is 5.73 Å². The predicted molar refractivity (Wildman–Crippen MR) is 30.5 cm³/mol. The van der Waals surface area contributed by atoms with Crippen molar-refractivity contribution < 1.29 is 9.18 Å². The first kappa shape index (κ1) is 6.60. The number of nitrogens with two attached hydrogens (primary N) is 1. The summed E-state index contributed by atoms with van der Waals surface area (Å²) in [6.07, 6.45) is 1.19. The molecule has 5 heteroatoms. The van der Waals surface area contributed by atoms with Crippen LogP contribution in [-0.4, -0.2) is 15.9 Å². The zero-order chi connectivity index (χ0) is 7.56. The Morgan fingerprint density at radius 2 is 2.00 bits per heavy atom. The van der Waals surface area contributed by atoms with Crippen molar-refractivity contribution in [3.8, 4) is 0 Å². The maximum atomic E-state index is 12.0. The van der Waals surface area contributed by atoms with Crippen LogP contribution in [0.4, 0.5) is 4.39 Å². The summed E-state index contributed by atoms with van der Waals surface area (Å²) < 4.78 is 12.0. The Bertz CT molecular complexity index is 246. The zero-order valence-corrected chi connectivity index (χ0v) is 4.91. The van der Waals surface area contributed by atoms with Crippen molar-refractivity contribution >= 4 is 5.91 Å². The van der Waals surface area contributed by atoms with Crippen LogP contribution in [0.1, 0.15) is 10.4 Å². The van der Waals surface area contributed by atoms with Gasteiger partial charge >= 0.3 is 6.08 Å². The third-order valence-corrected chi connectivity index (χ3v) is 0.905. The molecule has 4 nitrogen and oxygen atoms in total. The van der Waals surface area contributed by atoms with E-state index in [0.29, 0.717) is 0 Å². The Balaban J connectivity index is 3.00. The quantitative estimate of drug-likeness (QED) is 0.546. The second kappa shape index (κ2) is 2.38. The van der Waals surface area contributed by atoms with E-state index in [0.717, 1.165) is 12.4 Å². The first-order valence-electron chi connectivity index (χ1n) is 2.47. The third kappa shape index (κ3) is 1.25. The molecule has 52 valence electrons. The van der Waals surface area contributed by atoms with Crippen molar-refractivity contribution in [2.24, 2.45) is 5.73 Å². The predicted octanol–water partition coefficient (Wildman–Crippen LogP) is -0.285. The number of halogens is 1. The van der Waals surface area contributed by atoms with Crippen molar-refractivity contribution in [2.45, 2.75) is 0 Å². The number of hydrogen-bond acceptors (Lipinski definition) is 3. The number of carbonyl (C=O) groups excluding carboxylic acids is 1. The Kier molecular flexibility index (Phi) is 1.57. The summed E-state index contributed by atoms with van der Waals surface area (Å²) >= 11 is 0. The monoisotopic (exact) mass is 141 g/mol. The number of rotatable bonds is 1. The Hall–Kier alpha value is -1.52. The van der Waals surface area contributed by atoms with Crippen LogP contribution in [0, 0.1) is 6.08 Å². The molecule has 0 aliphatic carbocycles. The zero-order valence-electron chi connectivity index (χ0n) is 4.91. The Morgan fingerprint density at radius 3 is 2.40 bits per heavy atom. The molecule has 0 aromatic carbocycles. The standard InChI is InChI=1S/C5H4FN3O/c6-5-8-1-3(2-9-5)4(7)10/h1-2H,(H2,7,10). The molecule has 2 N–H and O–H groups in total. The topological polar surface area (TPSA) is 68.9 Å². The maximum Gasteiger partial charge on any atom is 0.308 e. The summed E-state index contributed by atoms with van der Waals surface area (Å²) in [5.74, 6) is -0.667. The lowest BCUT2D eigenvalue weighted by Gasteiger charge is -1.90. The molecule has 1 rings (SSSR count). The van der Waals surface area contributed by atoms with E-state index in [2.05, 4.69) is 9.97 Å². The van der Waals surface area contributed by atoms with Crippen molar-refractivity contribution in [3.63, 3.8) is 0 Å². The molecule has 1 heterocycles. The highest BCUT2D eigenvalue weighted by Crippen LogP contribution is 1.91. The number of aromatic nitrogens is 2. The van der Waals surface area contributed by atoms with E-state index < -0.39 is 12.0 Å². The molecule has 0 spiro atoms. The summed E-state index contributed by atoms with van der Waals surface area (Å²) in [6.45, 7) is 0. The van der Waals surface area contributed by atoms with E-state index in [1.54, 1.807) is 0 Å². The van der Waals surface area contributed by atoms with Crippen LogP contribution in [0.5, 0.6) is 0 Å². The molecule has 0 saturated heterocycles. The minimum atomic E-state index is -0.870. The normalized spacial score (nSPS) is 9.30. The number of nitrogens with zero attached hydrogens (tertiary/aromatic N) is 2. The SMILES string of the molecule is NC(=O)c1cnc(F)nc1. The fourth-order valence-electron chi connectivity index (χ4n) is 0.440. The molecular formula is C5H4FN3O. The van der Waals surface area contributed by atoms with Crippen LogP contribution in [0.25, 0.3) is 0 Å². The molecule has 1 aromatic heterocycles. The highest BCUT2D eigenvalue weighted by atomic mass is 19.1. The highest BCUT2D eigenvalue weighted by molar-refractivity contribution is 5.91. The summed E-state index contributed by atoms with van der Waals surface area (Å²) in [7, 11) is 0. The molecule has 1 amide bonds. The molecule has 0 atom stereocenters. The lowest BCUT2D eigenvalue weighted by molar-refractivity contribution is 0.0999. The van der Waals surface area contributed by atoms with Crippen molar-refractivity contribution in [1.29, 1.82) is 0 Å². The van der Waals surface area contributed by atoms with Gasteiger partial charge in [-0.2, -0.15) is 4.39 Å². The summed E-state index contributed by atoms with van der Waals surface area (Å²) in [4.78, 5) is 16.6. The fourth-order valence-corrected chi connectivity index (χ4v) is 0.440. The highest BCUT2D eigenvalue weighted by Gasteiger charge is 1.99. The summed E-state index contributed by atoms with van der Waals surface area (Å²) in [5, 5.41) is 0. The Labute approximate surface area is 55.9 Å². The minimum Gasteiger partial charge on any atom is -0.366 e. The van der Waals surface area contributed by atoms with Gasteiger partial charge in [-0.3, -0.25) is 4.79 Å². The van der Waals surface area contributed by atoms with E-state index in [1.165, 1.54) is 0 Å². The van der Waals surface area contributed by atoms with Gasteiger partial charge in [0.25, 0.3) is 5.91 Å². The second-order valence-corrected chi connectivity index (χ2v) is 1.61. The van der Waals surface area contributed by atoms with Crippen LogP contribution in [0.15, 0.2) is 12.4 Å². The lowest BCUT2D eigenvalue weighted by Crippen LogP contribution is -2.11. The molecule has 0 fully saturated rings. The molecule has 0 aliphatic rings. The first-order valence-corrected chi connectivity index (χ1v) is 2.47. The van der Waals surface area contributed by atoms with Gasteiger partial charge in [0.1, 0.15) is 0 Å². The number of amides is 1. The van der Waals surface area contributed by atoms with Gasteiger partial charge in [0.05, 0.1) is 5.56 Å². The van der Waals surface area contributed by atoms with Crippen molar-refractivity contribution in [2.75, 3.05) is 0 Å². The van der Waals surface area contributed by atoms with Gasteiger partial charge in [-0.15, -0.1) is 0 Å².